The van der Waals surface area contributed by atoms with Gasteiger partial charge in [0, 0.05) is 37.5 Å². The molecule has 24 heavy (non-hydrogen) atoms. The summed E-state index contributed by atoms with van der Waals surface area (Å²) in [4.78, 5) is 17.7. The molecule has 0 spiro atoms. The Bertz CT molecular complexity index is 683. The highest BCUT2D eigenvalue weighted by Crippen LogP contribution is 2.23. The van der Waals surface area contributed by atoms with E-state index in [1.807, 2.05) is 13.1 Å². The topological polar surface area (TPSA) is 80.4 Å². The van der Waals surface area contributed by atoms with Crippen LogP contribution in [0.2, 0.25) is 0 Å². The summed E-state index contributed by atoms with van der Waals surface area (Å²) in [6.07, 6.45) is 0. The third-order valence-corrected chi connectivity index (χ3v) is 5.10. The molecule has 2 N–H and O–H groups in total. The largest absolute Gasteiger partial charge is 0.378 e. The van der Waals surface area contributed by atoms with Crippen LogP contribution in [0.25, 0.3) is 0 Å². The van der Waals surface area contributed by atoms with Gasteiger partial charge in [-0.15, -0.1) is 11.3 Å². The highest BCUT2D eigenvalue weighted by molar-refractivity contribution is 7.09. The zero-order chi connectivity index (χ0) is 17.1. The van der Waals surface area contributed by atoms with Crippen LogP contribution in [-0.2, 0) is 11.3 Å². The van der Waals surface area contributed by atoms with Crippen LogP contribution < -0.4 is 15.5 Å². The molecule has 130 valence electrons. The Labute approximate surface area is 146 Å². The zero-order valence-corrected chi connectivity index (χ0v) is 15.2. The number of ether oxygens (including phenoxy) is 1. The van der Waals surface area contributed by atoms with E-state index in [1.165, 1.54) is 0 Å². The molecule has 3 heterocycles. The molecule has 0 aromatic carbocycles. The van der Waals surface area contributed by atoms with Crippen molar-refractivity contribution in [3.8, 4) is 0 Å². The monoisotopic (exact) mass is 348 g/mol. The van der Waals surface area contributed by atoms with Gasteiger partial charge in [-0.05, 0) is 0 Å². The Morgan fingerprint density at radius 2 is 2.04 bits per heavy atom. The summed E-state index contributed by atoms with van der Waals surface area (Å²) in [5.74, 6) is 2.41. The molecule has 0 atom stereocenters. The number of nitrogens with zero attached hydrogens (tertiary/aromatic N) is 5. The van der Waals surface area contributed by atoms with Crippen LogP contribution in [0.4, 0.5) is 17.6 Å². The van der Waals surface area contributed by atoms with Gasteiger partial charge in [-0.1, -0.05) is 13.8 Å². The van der Waals surface area contributed by atoms with Crippen molar-refractivity contribution in [2.24, 2.45) is 0 Å². The van der Waals surface area contributed by atoms with Crippen LogP contribution in [0, 0.1) is 0 Å². The molecule has 7 nitrogen and oxygen atoms in total. The Hall–Kier alpha value is -1.93. The van der Waals surface area contributed by atoms with E-state index in [0.29, 0.717) is 31.6 Å². The molecule has 0 aliphatic carbocycles. The minimum atomic E-state index is 0.294. The van der Waals surface area contributed by atoms with Crippen molar-refractivity contribution in [1.82, 2.24) is 15.0 Å². The first kappa shape index (κ1) is 16.9. The van der Waals surface area contributed by atoms with E-state index in [2.05, 4.69) is 44.0 Å². The van der Waals surface area contributed by atoms with Gasteiger partial charge in [0.1, 0.15) is 11.6 Å². The molecule has 0 radical (unpaired) electrons. The van der Waals surface area contributed by atoms with E-state index in [0.717, 1.165) is 35.4 Å². The molecule has 2 aromatic heterocycles. The Morgan fingerprint density at radius 1 is 1.29 bits per heavy atom. The average molecular weight is 348 g/mol. The van der Waals surface area contributed by atoms with Crippen molar-refractivity contribution in [1.29, 1.82) is 0 Å². The van der Waals surface area contributed by atoms with Crippen LogP contribution in [-0.4, -0.2) is 48.3 Å². The van der Waals surface area contributed by atoms with Crippen molar-refractivity contribution in [2.45, 2.75) is 26.3 Å². The first-order chi connectivity index (χ1) is 11.5. The molecule has 1 saturated heterocycles. The summed E-state index contributed by atoms with van der Waals surface area (Å²) in [5, 5.41) is 3.27. The lowest BCUT2D eigenvalue weighted by Gasteiger charge is -2.28. The van der Waals surface area contributed by atoms with Crippen LogP contribution >= 0.6 is 11.3 Å². The SMILES string of the molecule is CC(C)c1nc(CN(C)c2cc(N3CCOCC3)nc(N)n2)cs1. The fraction of sp³-hybridized carbons (Fsp3) is 0.562. The van der Waals surface area contributed by atoms with Crippen molar-refractivity contribution >= 4 is 28.9 Å². The van der Waals surface area contributed by atoms with Crippen LogP contribution in [0.5, 0.6) is 0 Å². The minimum absolute atomic E-state index is 0.294. The summed E-state index contributed by atoms with van der Waals surface area (Å²) < 4.78 is 5.40. The van der Waals surface area contributed by atoms with Crippen LogP contribution in [0.15, 0.2) is 11.4 Å². The maximum Gasteiger partial charge on any atom is 0.223 e. The highest BCUT2D eigenvalue weighted by Gasteiger charge is 2.16. The van der Waals surface area contributed by atoms with Gasteiger partial charge in [-0.25, -0.2) is 4.98 Å². The molecule has 0 saturated carbocycles. The van der Waals surface area contributed by atoms with E-state index in [1.54, 1.807) is 11.3 Å². The fourth-order valence-corrected chi connectivity index (χ4v) is 3.40. The lowest BCUT2D eigenvalue weighted by atomic mass is 10.2. The molecule has 8 heteroatoms. The van der Waals surface area contributed by atoms with E-state index in [4.69, 9.17) is 10.5 Å². The first-order valence-corrected chi connectivity index (χ1v) is 9.03. The molecule has 1 aliphatic rings. The number of anilines is 3. The standard InChI is InChI=1S/C16H24N6OS/c1-11(2)15-18-12(10-24-15)9-21(3)13-8-14(20-16(17)19-13)22-4-6-23-7-5-22/h8,10-11H,4-7,9H2,1-3H3,(H2,17,19,20). The summed E-state index contributed by atoms with van der Waals surface area (Å²) in [6.45, 7) is 8.09. The number of nitrogens with two attached hydrogens (primary N) is 1. The zero-order valence-electron chi connectivity index (χ0n) is 14.4. The summed E-state index contributed by atoms with van der Waals surface area (Å²) in [7, 11) is 2.00. The number of thiazole rings is 1. The van der Waals surface area contributed by atoms with Crippen LogP contribution in [0.3, 0.4) is 0 Å². The molecule has 0 unspecified atom stereocenters. The second-order valence-electron chi connectivity index (χ2n) is 6.23. The lowest BCUT2D eigenvalue weighted by Crippen LogP contribution is -2.37. The highest BCUT2D eigenvalue weighted by atomic mass is 32.1. The number of hydrogen-bond donors (Lipinski definition) is 1. The van der Waals surface area contributed by atoms with Gasteiger partial charge < -0.3 is 20.3 Å². The van der Waals surface area contributed by atoms with Gasteiger partial charge >= 0.3 is 0 Å². The van der Waals surface area contributed by atoms with Gasteiger partial charge in [0.15, 0.2) is 0 Å². The van der Waals surface area contributed by atoms with E-state index < -0.39 is 0 Å². The van der Waals surface area contributed by atoms with Gasteiger partial charge in [0.25, 0.3) is 0 Å². The summed E-state index contributed by atoms with van der Waals surface area (Å²) >= 11 is 1.71. The fourth-order valence-electron chi connectivity index (χ4n) is 2.57. The predicted molar refractivity (Wildman–Crippen MR) is 97.8 cm³/mol. The molecular weight excluding hydrogens is 324 g/mol. The molecule has 3 rings (SSSR count). The quantitative estimate of drug-likeness (QED) is 0.886. The van der Waals surface area contributed by atoms with Crippen LogP contribution in [0.1, 0.15) is 30.5 Å². The number of aromatic nitrogens is 3. The molecular formula is C16H24N6OS. The second-order valence-corrected chi connectivity index (χ2v) is 7.12. The predicted octanol–water partition coefficient (Wildman–Crippen LogP) is 2.11. The Balaban J connectivity index is 1.75. The maximum atomic E-state index is 5.92. The average Bonchev–Trinajstić information content (AvgIpc) is 3.04. The molecule has 0 amide bonds. The smallest absolute Gasteiger partial charge is 0.223 e. The third-order valence-electron chi connectivity index (χ3n) is 3.91. The summed E-state index contributed by atoms with van der Waals surface area (Å²) in [6, 6.07) is 1.98. The lowest BCUT2D eigenvalue weighted by molar-refractivity contribution is 0.122. The van der Waals surface area contributed by atoms with E-state index >= 15 is 0 Å². The van der Waals surface area contributed by atoms with Crippen molar-refractivity contribution < 1.29 is 4.74 Å². The number of nitrogen functional groups attached to an aromatic ring is 1. The Kier molecular flexibility index (Phi) is 5.15. The molecule has 0 bridgehead atoms. The van der Waals surface area contributed by atoms with Crippen molar-refractivity contribution in [3.63, 3.8) is 0 Å². The first-order valence-electron chi connectivity index (χ1n) is 8.15. The van der Waals surface area contributed by atoms with Gasteiger partial charge in [0.2, 0.25) is 5.95 Å². The van der Waals surface area contributed by atoms with Gasteiger partial charge in [-0.2, -0.15) is 9.97 Å². The van der Waals surface area contributed by atoms with Crippen molar-refractivity contribution in [3.05, 3.63) is 22.1 Å². The maximum absolute atomic E-state index is 5.92. The third kappa shape index (κ3) is 3.93. The van der Waals surface area contributed by atoms with Gasteiger partial charge in [-0.3, -0.25) is 0 Å². The molecule has 1 fully saturated rings. The summed E-state index contributed by atoms with van der Waals surface area (Å²) in [5.41, 5.74) is 6.97. The number of hydrogen-bond acceptors (Lipinski definition) is 8. The minimum Gasteiger partial charge on any atom is -0.378 e. The van der Waals surface area contributed by atoms with E-state index in [-0.39, 0.29) is 0 Å². The number of rotatable bonds is 5. The Morgan fingerprint density at radius 3 is 2.71 bits per heavy atom. The number of morpholine rings is 1. The van der Waals surface area contributed by atoms with Gasteiger partial charge in [0.05, 0.1) is 30.5 Å². The molecule has 2 aromatic rings. The second kappa shape index (κ2) is 7.31. The normalized spacial score (nSPS) is 15.1. The van der Waals surface area contributed by atoms with E-state index in [9.17, 15) is 0 Å². The molecule has 1 aliphatic heterocycles. The van der Waals surface area contributed by atoms with Crippen molar-refractivity contribution in [2.75, 3.05) is 48.9 Å².